The molecule has 0 aliphatic carbocycles. The third-order valence-electron chi connectivity index (χ3n) is 1.98. The highest BCUT2D eigenvalue weighted by atomic mass is 32.2. The van der Waals surface area contributed by atoms with Crippen molar-refractivity contribution in [2.24, 2.45) is 5.92 Å². The van der Waals surface area contributed by atoms with Crippen molar-refractivity contribution < 1.29 is 9.69 Å². The highest BCUT2D eigenvalue weighted by Gasteiger charge is 2.17. The molecule has 1 saturated heterocycles. The van der Waals surface area contributed by atoms with Crippen LogP contribution in [0.5, 0.6) is 0 Å². The second-order valence-corrected chi connectivity index (χ2v) is 4.42. The number of hydrogen-bond acceptors (Lipinski definition) is 1. The third kappa shape index (κ3) is 3.31. The van der Waals surface area contributed by atoms with E-state index >= 15 is 0 Å². The maximum absolute atomic E-state index is 11.0. The topological polar surface area (TPSA) is 51.8 Å². The minimum absolute atomic E-state index is 0. The van der Waals surface area contributed by atoms with Gasteiger partial charge in [0.05, 0.1) is 11.0 Å². The second-order valence-electron chi connectivity index (χ2n) is 3.06. The van der Waals surface area contributed by atoms with Gasteiger partial charge in [0.1, 0.15) is 0 Å². The molecule has 2 N–H and O–H groups in total. The Balaban J connectivity index is 0.000001000. The van der Waals surface area contributed by atoms with Gasteiger partial charge in [-0.2, -0.15) is 0 Å². The first-order valence-electron chi connectivity index (χ1n) is 3.78. The molecule has 1 fully saturated rings. The van der Waals surface area contributed by atoms with Crippen LogP contribution in [0.15, 0.2) is 0 Å². The lowest BCUT2D eigenvalue weighted by atomic mass is 10.0. The number of piperidine rings is 1. The van der Waals surface area contributed by atoms with Crippen molar-refractivity contribution in [3.8, 4) is 0 Å². The summed E-state index contributed by atoms with van der Waals surface area (Å²) in [6, 6.07) is 0. The van der Waals surface area contributed by atoms with E-state index in [-0.39, 0.29) is 5.48 Å². The molecule has 1 rings (SSSR count). The fourth-order valence-corrected chi connectivity index (χ4v) is 2.23. The number of nitrogens with zero attached hydrogens (tertiary/aromatic N) is 1. The Morgan fingerprint density at radius 2 is 2.18 bits per heavy atom. The molecule has 1 aliphatic heterocycles. The van der Waals surface area contributed by atoms with Crippen LogP contribution in [0, 0.1) is 5.92 Å². The van der Waals surface area contributed by atoms with Gasteiger partial charge in [0, 0.05) is 19.3 Å². The van der Waals surface area contributed by atoms with Crippen LogP contribution >= 0.6 is 0 Å². The molecule has 0 bridgehead atoms. The molecule has 0 spiro atoms. The Morgan fingerprint density at radius 3 is 2.55 bits per heavy atom. The van der Waals surface area contributed by atoms with Crippen molar-refractivity contribution in [3.05, 3.63) is 0 Å². The molecule has 68 valence electrons. The van der Waals surface area contributed by atoms with Gasteiger partial charge in [-0.1, -0.05) is 6.92 Å². The Labute approximate surface area is 70.7 Å². The van der Waals surface area contributed by atoms with E-state index in [1.54, 1.807) is 6.26 Å². The summed E-state index contributed by atoms with van der Waals surface area (Å²) in [4.78, 5) is 0. The average molecular weight is 179 g/mol. The maximum atomic E-state index is 11.0. The minimum Gasteiger partial charge on any atom is -0.412 e. The van der Waals surface area contributed by atoms with Crippen molar-refractivity contribution in [3.63, 3.8) is 0 Å². The van der Waals surface area contributed by atoms with Crippen molar-refractivity contribution in [1.82, 2.24) is 4.31 Å². The van der Waals surface area contributed by atoms with Crippen LogP contribution in [-0.4, -0.2) is 33.3 Å². The van der Waals surface area contributed by atoms with Crippen LogP contribution in [0.1, 0.15) is 19.8 Å². The first-order valence-corrected chi connectivity index (χ1v) is 5.30. The summed E-state index contributed by atoms with van der Waals surface area (Å²) in [5.74, 6) is 0.734. The highest BCUT2D eigenvalue weighted by molar-refractivity contribution is 7.81. The first kappa shape index (κ1) is 11.1. The average Bonchev–Trinajstić information content (AvgIpc) is 1.88. The smallest absolute Gasteiger partial charge is 0.0910 e. The summed E-state index contributed by atoms with van der Waals surface area (Å²) in [6.07, 6.45) is 4.27. The molecule has 0 aromatic carbocycles. The summed E-state index contributed by atoms with van der Waals surface area (Å²) < 4.78 is 13.0. The molecule has 2 atom stereocenters. The molecule has 11 heavy (non-hydrogen) atoms. The quantitative estimate of drug-likeness (QED) is 0.567. The van der Waals surface area contributed by atoms with Gasteiger partial charge in [0.25, 0.3) is 0 Å². The van der Waals surface area contributed by atoms with Gasteiger partial charge >= 0.3 is 0 Å². The van der Waals surface area contributed by atoms with E-state index in [9.17, 15) is 4.21 Å². The molecular weight excluding hydrogens is 162 g/mol. The Hall–Kier alpha value is 0.0700. The highest BCUT2D eigenvalue weighted by Crippen LogP contribution is 2.15. The van der Waals surface area contributed by atoms with Crippen LogP contribution in [-0.2, 0) is 11.0 Å². The molecule has 0 aromatic heterocycles. The van der Waals surface area contributed by atoms with Gasteiger partial charge in [-0.25, -0.2) is 8.51 Å². The summed E-state index contributed by atoms with van der Waals surface area (Å²) >= 11 is 0. The van der Waals surface area contributed by atoms with Gasteiger partial charge < -0.3 is 5.48 Å². The Bertz CT molecular complexity index is 140. The van der Waals surface area contributed by atoms with Gasteiger partial charge in [-0.3, -0.25) is 0 Å². The molecule has 0 radical (unpaired) electrons. The minimum atomic E-state index is -0.739. The fourth-order valence-electron chi connectivity index (χ4n) is 1.38. The van der Waals surface area contributed by atoms with E-state index in [2.05, 4.69) is 6.92 Å². The van der Waals surface area contributed by atoms with E-state index in [0.29, 0.717) is 0 Å². The number of rotatable bonds is 1. The van der Waals surface area contributed by atoms with Crippen molar-refractivity contribution in [2.75, 3.05) is 19.3 Å². The lowest BCUT2D eigenvalue weighted by molar-refractivity contribution is 0.294. The van der Waals surface area contributed by atoms with Crippen molar-refractivity contribution >= 4 is 11.0 Å². The van der Waals surface area contributed by atoms with Crippen molar-refractivity contribution in [2.45, 2.75) is 19.8 Å². The van der Waals surface area contributed by atoms with E-state index in [4.69, 9.17) is 0 Å². The first-order chi connectivity index (χ1) is 4.70. The standard InChI is InChI=1S/C7H15NOS.H2O/c1-7-4-3-5-8(6-7)10(2)9;/h7H,3-6H2,1-2H3;1H2. The molecule has 2 unspecified atom stereocenters. The van der Waals surface area contributed by atoms with E-state index < -0.39 is 11.0 Å². The van der Waals surface area contributed by atoms with Crippen LogP contribution in [0.3, 0.4) is 0 Å². The predicted octanol–water partition coefficient (Wildman–Crippen LogP) is 0.187. The predicted molar refractivity (Wildman–Crippen MR) is 47.7 cm³/mol. The van der Waals surface area contributed by atoms with E-state index in [1.807, 2.05) is 4.31 Å². The molecule has 1 heterocycles. The maximum Gasteiger partial charge on any atom is 0.0910 e. The summed E-state index contributed by atoms with van der Waals surface area (Å²) in [7, 11) is -0.739. The molecule has 0 saturated carbocycles. The lowest BCUT2D eigenvalue weighted by Gasteiger charge is -2.28. The second kappa shape index (κ2) is 4.85. The van der Waals surface area contributed by atoms with Crippen molar-refractivity contribution in [1.29, 1.82) is 0 Å². The molecule has 1 aliphatic rings. The normalized spacial score (nSPS) is 29.1. The molecule has 0 aromatic rings. The zero-order chi connectivity index (χ0) is 7.56. The van der Waals surface area contributed by atoms with Gasteiger partial charge in [0.15, 0.2) is 0 Å². The number of hydrogen-bond donors (Lipinski definition) is 0. The summed E-state index contributed by atoms with van der Waals surface area (Å²) in [5, 5.41) is 0. The third-order valence-corrected chi connectivity index (χ3v) is 3.04. The van der Waals surface area contributed by atoms with Crippen LogP contribution in [0.4, 0.5) is 0 Å². The van der Waals surface area contributed by atoms with E-state index in [0.717, 1.165) is 19.0 Å². The Kier molecular flexibility index (Phi) is 4.88. The van der Waals surface area contributed by atoms with E-state index in [1.165, 1.54) is 12.8 Å². The Morgan fingerprint density at radius 1 is 1.55 bits per heavy atom. The molecule has 3 nitrogen and oxygen atoms in total. The summed E-state index contributed by atoms with van der Waals surface area (Å²) in [5.41, 5.74) is 0. The monoisotopic (exact) mass is 179 g/mol. The molecular formula is C7H17NO2S. The molecule has 0 amide bonds. The largest absolute Gasteiger partial charge is 0.412 e. The lowest BCUT2D eigenvalue weighted by Crippen LogP contribution is -2.35. The SMILES string of the molecule is CC1CCCN(S(C)=O)C1.O. The summed E-state index contributed by atoms with van der Waals surface area (Å²) in [6.45, 7) is 4.26. The van der Waals surface area contributed by atoms with Gasteiger partial charge in [0.2, 0.25) is 0 Å². The molecule has 4 heteroatoms. The zero-order valence-corrected chi connectivity index (χ0v) is 7.99. The zero-order valence-electron chi connectivity index (χ0n) is 7.17. The van der Waals surface area contributed by atoms with Crippen LogP contribution in [0.2, 0.25) is 0 Å². The van der Waals surface area contributed by atoms with Gasteiger partial charge in [-0.05, 0) is 18.8 Å². The van der Waals surface area contributed by atoms with Crippen LogP contribution in [0.25, 0.3) is 0 Å². The van der Waals surface area contributed by atoms with Gasteiger partial charge in [-0.15, -0.1) is 0 Å². The fraction of sp³-hybridized carbons (Fsp3) is 1.00. The van der Waals surface area contributed by atoms with Crippen LogP contribution < -0.4 is 0 Å².